The van der Waals surface area contributed by atoms with Crippen LogP contribution in [0.25, 0.3) is 15.5 Å². The van der Waals surface area contributed by atoms with E-state index < -0.39 is 0 Å². The first kappa shape index (κ1) is 11.2. The highest BCUT2D eigenvalue weighted by Gasteiger charge is 2.30. The average Bonchev–Trinajstić information content (AvgIpc) is 3.01. The standard InChI is InChI=1S/C12H9ClN4OS/c13-8-5-7(3-4-9(8)18)11-16-17-10(6-1-2-6)14-15-12(17)19-11/h3-6,18H,1-2H2. The summed E-state index contributed by atoms with van der Waals surface area (Å²) < 4.78 is 1.82. The summed E-state index contributed by atoms with van der Waals surface area (Å²) in [6.45, 7) is 0. The van der Waals surface area contributed by atoms with Gasteiger partial charge in [0.15, 0.2) is 5.82 Å². The number of halogens is 1. The van der Waals surface area contributed by atoms with Crippen LogP contribution in [0.15, 0.2) is 18.2 Å². The lowest BCUT2D eigenvalue weighted by Gasteiger charge is -1.98. The zero-order valence-corrected chi connectivity index (χ0v) is 11.3. The molecule has 0 atom stereocenters. The molecule has 19 heavy (non-hydrogen) atoms. The van der Waals surface area contributed by atoms with E-state index in [1.165, 1.54) is 24.2 Å². The maximum atomic E-state index is 9.44. The molecule has 1 aromatic carbocycles. The maximum absolute atomic E-state index is 9.44. The van der Waals surface area contributed by atoms with Crippen LogP contribution in [-0.4, -0.2) is 24.9 Å². The van der Waals surface area contributed by atoms with Gasteiger partial charge >= 0.3 is 0 Å². The number of phenols is 1. The first-order valence-corrected chi connectivity index (χ1v) is 7.13. The van der Waals surface area contributed by atoms with Gasteiger partial charge in [-0.15, -0.1) is 10.2 Å². The number of fused-ring (bicyclic) bond motifs is 1. The zero-order chi connectivity index (χ0) is 13.0. The van der Waals surface area contributed by atoms with Crippen molar-refractivity contribution in [2.24, 2.45) is 0 Å². The van der Waals surface area contributed by atoms with Crippen LogP contribution in [0, 0.1) is 0 Å². The van der Waals surface area contributed by atoms with Gasteiger partial charge in [0.25, 0.3) is 0 Å². The van der Waals surface area contributed by atoms with Crippen molar-refractivity contribution in [1.29, 1.82) is 0 Å². The molecule has 0 saturated heterocycles. The Morgan fingerprint density at radius 3 is 2.89 bits per heavy atom. The highest BCUT2D eigenvalue weighted by atomic mass is 35.5. The second-order valence-corrected chi connectivity index (χ2v) is 5.96. The van der Waals surface area contributed by atoms with Crippen LogP contribution in [0.3, 0.4) is 0 Å². The Labute approximate surface area is 117 Å². The second-order valence-electron chi connectivity index (χ2n) is 4.60. The van der Waals surface area contributed by atoms with Crippen LogP contribution in [0.1, 0.15) is 24.6 Å². The molecule has 7 heteroatoms. The van der Waals surface area contributed by atoms with Gasteiger partial charge in [-0.2, -0.15) is 9.61 Å². The normalized spacial score (nSPS) is 15.2. The smallest absolute Gasteiger partial charge is 0.234 e. The number of phenolic OH excluding ortho intramolecular Hbond substituents is 1. The summed E-state index contributed by atoms with van der Waals surface area (Å²) in [5, 5.41) is 23.5. The molecule has 1 saturated carbocycles. The predicted molar refractivity (Wildman–Crippen MR) is 72.7 cm³/mol. The molecule has 3 aromatic rings. The molecule has 0 unspecified atom stereocenters. The fourth-order valence-electron chi connectivity index (χ4n) is 1.98. The van der Waals surface area contributed by atoms with Gasteiger partial charge in [-0.1, -0.05) is 22.9 Å². The summed E-state index contributed by atoms with van der Waals surface area (Å²) in [4.78, 5) is 0.793. The fourth-order valence-corrected chi connectivity index (χ4v) is 3.01. The van der Waals surface area contributed by atoms with E-state index in [0.29, 0.717) is 10.9 Å². The minimum Gasteiger partial charge on any atom is -0.506 e. The highest BCUT2D eigenvalue weighted by Crippen LogP contribution is 2.40. The van der Waals surface area contributed by atoms with Crippen LogP contribution in [0.4, 0.5) is 0 Å². The van der Waals surface area contributed by atoms with Crippen molar-refractivity contribution in [2.45, 2.75) is 18.8 Å². The molecule has 0 aliphatic heterocycles. The molecule has 1 aliphatic carbocycles. The number of rotatable bonds is 2. The van der Waals surface area contributed by atoms with Gasteiger partial charge in [0, 0.05) is 11.5 Å². The SMILES string of the molecule is Oc1ccc(-c2nn3c(C4CC4)nnc3s2)cc1Cl. The molecule has 0 radical (unpaired) electrons. The molecule has 96 valence electrons. The molecule has 4 rings (SSSR count). The number of hydrogen-bond acceptors (Lipinski definition) is 5. The van der Waals surface area contributed by atoms with E-state index in [4.69, 9.17) is 11.6 Å². The lowest BCUT2D eigenvalue weighted by Crippen LogP contribution is -1.93. The molecule has 0 spiro atoms. The van der Waals surface area contributed by atoms with Gasteiger partial charge in [0.05, 0.1) is 5.02 Å². The van der Waals surface area contributed by atoms with Gasteiger partial charge in [-0.05, 0) is 31.0 Å². The van der Waals surface area contributed by atoms with Gasteiger partial charge in [0.2, 0.25) is 4.96 Å². The molecule has 1 aliphatic rings. The summed E-state index contributed by atoms with van der Waals surface area (Å²) in [6, 6.07) is 5.07. The van der Waals surface area contributed by atoms with Crippen molar-refractivity contribution in [2.75, 3.05) is 0 Å². The minimum absolute atomic E-state index is 0.0760. The third-order valence-corrected chi connectivity index (χ3v) is 4.40. The molecule has 1 fully saturated rings. The average molecular weight is 293 g/mol. The molecular weight excluding hydrogens is 284 g/mol. The van der Waals surface area contributed by atoms with Crippen LogP contribution < -0.4 is 0 Å². The Kier molecular flexibility index (Phi) is 2.31. The van der Waals surface area contributed by atoms with Gasteiger partial charge in [-0.25, -0.2) is 0 Å². The first-order chi connectivity index (χ1) is 9.22. The minimum atomic E-state index is 0.0760. The summed E-state index contributed by atoms with van der Waals surface area (Å²) >= 11 is 7.39. The third kappa shape index (κ3) is 1.79. The molecule has 5 nitrogen and oxygen atoms in total. The van der Waals surface area contributed by atoms with E-state index in [2.05, 4.69) is 15.3 Å². The van der Waals surface area contributed by atoms with Crippen LogP contribution in [0.2, 0.25) is 5.02 Å². The fraction of sp³-hybridized carbons (Fsp3) is 0.250. The van der Waals surface area contributed by atoms with Crippen LogP contribution in [0.5, 0.6) is 5.75 Å². The second kappa shape index (κ2) is 3.91. The number of nitrogens with zero attached hydrogens (tertiary/aromatic N) is 4. The van der Waals surface area contributed by atoms with E-state index in [1.54, 1.807) is 18.2 Å². The van der Waals surface area contributed by atoms with E-state index in [0.717, 1.165) is 21.4 Å². The van der Waals surface area contributed by atoms with E-state index in [-0.39, 0.29) is 5.75 Å². The first-order valence-electron chi connectivity index (χ1n) is 5.93. The summed E-state index contributed by atoms with van der Waals surface area (Å²) in [7, 11) is 0. The zero-order valence-electron chi connectivity index (χ0n) is 9.75. The molecule has 0 bridgehead atoms. The summed E-state index contributed by atoms with van der Waals surface area (Å²) in [6.07, 6.45) is 2.33. The molecular formula is C12H9ClN4OS. The molecule has 0 amide bonds. The number of benzene rings is 1. The quantitative estimate of drug-likeness (QED) is 0.788. The van der Waals surface area contributed by atoms with Crippen LogP contribution >= 0.6 is 22.9 Å². The lowest BCUT2D eigenvalue weighted by molar-refractivity contribution is 0.475. The Morgan fingerprint density at radius 2 is 2.16 bits per heavy atom. The Hall–Kier alpha value is -1.66. The summed E-state index contributed by atoms with van der Waals surface area (Å²) in [5.74, 6) is 1.53. The van der Waals surface area contributed by atoms with Gasteiger partial charge in [0.1, 0.15) is 10.8 Å². The molecule has 2 aromatic heterocycles. The van der Waals surface area contributed by atoms with Crippen molar-refractivity contribution in [3.63, 3.8) is 0 Å². The van der Waals surface area contributed by atoms with E-state index in [9.17, 15) is 5.11 Å². The largest absolute Gasteiger partial charge is 0.506 e. The van der Waals surface area contributed by atoms with Crippen LogP contribution in [-0.2, 0) is 0 Å². The topological polar surface area (TPSA) is 63.3 Å². The molecule has 2 heterocycles. The maximum Gasteiger partial charge on any atom is 0.234 e. The summed E-state index contributed by atoms with van der Waals surface area (Å²) in [5.41, 5.74) is 0.875. The third-order valence-electron chi connectivity index (χ3n) is 3.15. The van der Waals surface area contributed by atoms with Crippen molar-refractivity contribution >= 4 is 27.9 Å². The lowest BCUT2D eigenvalue weighted by atomic mass is 10.2. The van der Waals surface area contributed by atoms with Crippen molar-refractivity contribution in [1.82, 2.24) is 19.8 Å². The highest BCUT2D eigenvalue weighted by molar-refractivity contribution is 7.19. The number of aromatic nitrogens is 4. The monoisotopic (exact) mass is 292 g/mol. The number of aromatic hydroxyl groups is 1. The predicted octanol–water partition coefficient (Wildman–Crippen LogP) is 3.09. The Balaban J connectivity index is 1.84. The number of hydrogen-bond donors (Lipinski definition) is 1. The van der Waals surface area contributed by atoms with E-state index >= 15 is 0 Å². The Morgan fingerprint density at radius 1 is 1.32 bits per heavy atom. The van der Waals surface area contributed by atoms with Gasteiger partial charge in [-0.3, -0.25) is 0 Å². The van der Waals surface area contributed by atoms with E-state index in [1.807, 2.05) is 4.52 Å². The molecule has 1 N–H and O–H groups in total. The van der Waals surface area contributed by atoms with Crippen molar-refractivity contribution < 1.29 is 5.11 Å². The Bertz CT molecular complexity index is 777. The van der Waals surface area contributed by atoms with Crippen molar-refractivity contribution in [3.05, 3.63) is 29.0 Å². The van der Waals surface area contributed by atoms with Crippen molar-refractivity contribution in [3.8, 4) is 16.3 Å². The van der Waals surface area contributed by atoms with Gasteiger partial charge < -0.3 is 5.11 Å².